The molecule has 2 amide bonds. The summed E-state index contributed by atoms with van der Waals surface area (Å²) in [6, 6.07) is 2.97. The number of carbonyl (C=O) groups excluding carboxylic acids is 1. The van der Waals surface area contributed by atoms with Crippen molar-refractivity contribution in [1.29, 1.82) is 0 Å². The van der Waals surface area contributed by atoms with Crippen LogP contribution in [0, 0.1) is 11.6 Å². The molecule has 0 aromatic heterocycles. The average Bonchev–Trinajstić information content (AvgIpc) is 2.17. The summed E-state index contributed by atoms with van der Waals surface area (Å²) in [5.74, 6) is -1.01. The summed E-state index contributed by atoms with van der Waals surface area (Å²) < 4.78 is 26.0. The lowest BCUT2D eigenvalue weighted by Gasteiger charge is -2.30. The molecule has 1 aromatic carbocycles. The van der Waals surface area contributed by atoms with E-state index in [0.29, 0.717) is 0 Å². The molecule has 0 unspecified atom stereocenters. The number of hydrogen-bond donors (Lipinski definition) is 1. The molecule has 0 aliphatic carbocycles. The highest BCUT2D eigenvalue weighted by atomic mass is 19.1. The van der Waals surface area contributed by atoms with E-state index in [4.69, 9.17) is 0 Å². The quantitative estimate of drug-likeness (QED) is 0.820. The largest absolute Gasteiger partial charge is 0.334 e. The van der Waals surface area contributed by atoms with Gasteiger partial charge in [-0.05, 0) is 24.6 Å². The zero-order chi connectivity index (χ0) is 11.5. The molecular weight excluding hydrogens is 214 g/mol. The first-order valence-electron chi connectivity index (χ1n) is 5.13. The van der Waals surface area contributed by atoms with E-state index in [1.165, 1.54) is 0 Å². The zero-order valence-corrected chi connectivity index (χ0v) is 8.67. The zero-order valence-electron chi connectivity index (χ0n) is 8.67. The Morgan fingerprint density at radius 2 is 2.12 bits per heavy atom. The molecule has 0 saturated carbocycles. The number of halogens is 2. The van der Waals surface area contributed by atoms with Gasteiger partial charge in [0.15, 0.2) is 0 Å². The van der Waals surface area contributed by atoms with Crippen LogP contribution < -0.4 is 5.32 Å². The molecule has 1 saturated heterocycles. The van der Waals surface area contributed by atoms with Crippen molar-refractivity contribution in [3.63, 3.8) is 0 Å². The Balaban J connectivity index is 1.93. The van der Waals surface area contributed by atoms with Gasteiger partial charge < -0.3 is 10.2 Å². The van der Waals surface area contributed by atoms with Gasteiger partial charge in [-0.15, -0.1) is 0 Å². The maximum Gasteiger partial charge on any atom is 0.317 e. The SMILES string of the molecule is O=C(NCc1cc(F)ccc1F)N1CCC1. The number of amides is 2. The highest BCUT2D eigenvalue weighted by Gasteiger charge is 2.19. The van der Waals surface area contributed by atoms with Crippen LogP contribution >= 0.6 is 0 Å². The van der Waals surface area contributed by atoms with Crippen LogP contribution in [0.3, 0.4) is 0 Å². The van der Waals surface area contributed by atoms with Gasteiger partial charge >= 0.3 is 6.03 Å². The van der Waals surface area contributed by atoms with Crippen molar-refractivity contribution in [3.05, 3.63) is 35.4 Å². The Kier molecular flexibility index (Phi) is 3.03. The maximum absolute atomic E-state index is 13.2. The van der Waals surface area contributed by atoms with Crippen molar-refractivity contribution < 1.29 is 13.6 Å². The van der Waals surface area contributed by atoms with Crippen LogP contribution in [0.5, 0.6) is 0 Å². The molecule has 1 aliphatic rings. The monoisotopic (exact) mass is 226 g/mol. The van der Waals surface area contributed by atoms with Crippen LogP contribution in [0.1, 0.15) is 12.0 Å². The molecule has 3 nitrogen and oxygen atoms in total. The number of hydrogen-bond acceptors (Lipinski definition) is 1. The second kappa shape index (κ2) is 4.47. The third kappa shape index (κ3) is 2.29. The lowest BCUT2D eigenvalue weighted by atomic mass is 10.2. The van der Waals surface area contributed by atoms with E-state index in [9.17, 15) is 13.6 Å². The van der Waals surface area contributed by atoms with E-state index in [1.54, 1.807) is 4.90 Å². The average molecular weight is 226 g/mol. The van der Waals surface area contributed by atoms with Crippen molar-refractivity contribution in [1.82, 2.24) is 10.2 Å². The van der Waals surface area contributed by atoms with Crippen molar-refractivity contribution in [2.24, 2.45) is 0 Å². The number of nitrogens with zero attached hydrogens (tertiary/aromatic N) is 1. The predicted octanol–water partition coefficient (Wildman–Crippen LogP) is 1.88. The standard InChI is InChI=1S/C11H12F2N2O/c12-9-2-3-10(13)8(6-9)7-14-11(16)15-4-1-5-15/h2-3,6H,1,4-5,7H2,(H,14,16). The summed E-state index contributed by atoms with van der Waals surface area (Å²) in [6.45, 7) is 1.48. The molecule has 1 aliphatic heterocycles. The van der Waals surface area contributed by atoms with Gasteiger partial charge in [0.1, 0.15) is 11.6 Å². The second-order valence-corrected chi connectivity index (χ2v) is 3.74. The lowest BCUT2D eigenvalue weighted by molar-refractivity contribution is 0.167. The summed E-state index contributed by atoms with van der Waals surface area (Å²) in [5, 5.41) is 2.55. The molecular formula is C11H12F2N2O. The highest BCUT2D eigenvalue weighted by molar-refractivity contribution is 5.74. The molecule has 1 N–H and O–H groups in total. The smallest absolute Gasteiger partial charge is 0.317 e. The van der Waals surface area contributed by atoms with Crippen molar-refractivity contribution >= 4 is 6.03 Å². The highest BCUT2D eigenvalue weighted by Crippen LogP contribution is 2.10. The van der Waals surface area contributed by atoms with Gasteiger partial charge in [-0.3, -0.25) is 0 Å². The molecule has 86 valence electrons. The molecule has 2 rings (SSSR count). The topological polar surface area (TPSA) is 32.3 Å². The molecule has 1 aromatic rings. The first-order valence-corrected chi connectivity index (χ1v) is 5.13. The van der Waals surface area contributed by atoms with Crippen molar-refractivity contribution in [3.8, 4) is 0 Å². The number of likely N-dealkylation sites (tertiary alicyclic amines) is 1. The number of carbonyl (C=O) groups is 1. The van der Waals surface area contributed by atoms with E-state index in [-0.39, 0.29) is 18.1 Å². The first-order chi connectivity index (χ1) is 7.66. The van der Waals surface area contributed by atoms with Gasteiger partial charge in [-0.1, -0.05) is 0 Å². The molecule has 0 bridgehead atoms. The molecule has 0 atom stereocenters. The summed E-state index contributed by atoms with van der Waals surface area (Å²) in [6.07, 6.45) is 1.00. The van der Waals surface area contributed by atoms with E-state index < -0.39 is 11.6 Å². The normalized spacial score (nSPS) is 14.5. The first kappa shape index (κ1) is 10.9. The Morgan fingerprint density at radius 3 is 2.75 bits per heavy atom. The fourth-order valence-corrected chi connectivity index (χ4v) is 1.48. The number of nitrogens with one attached hydrogen (secondary N) is 1. The fraction of sp³-hybridized carbons (Fsp3) is 0.364. The van der Waals surface area contributed by atoms with Crippen LogP contribution in [0.4, 0.5) is 13.6 Å². The van der Waals surface area contributed by atoms with Crippen LogP contribution in [0.25, 0.3) is 0 Å². The Labute approximate surface area is 92.1 Å². The summed E-state index contributed by atoms with van der Waals surface area (Å²) in [5.41, 5.74) is 0.161. The predicted molar refractivity (Wildman–Crippen MR) is 54.8 cm³/mol. The van der Waals surface area contributed by atoms with Crippen LogP contribution in [0.2, 0.25) is 0 Å². The van der Waals surface area contributed by atoms with Gasteiger partial charge in [0.2, 0.25) is 0 Å². The van der Waals surface area contributed by atoms with Crippen LogP contribution in [0.15, 0.2) is 18.2 Å². The second-order valence-electron chi connectivity index (χ2n) is 3.74. The van der Waals surface area contributed by atoms with E-state index >= 15 is 0 Å². The third-order valence-electron chi connectivity index (χ3n) is 2.58. The van der Waals surface area contributed by atoms with E-state index in [2.05, 4.69) is 5.32 Å². The van der Waals surface area contributed by atoms with Gasteiger partial charge in [0.25, 0.3) is 0 Å². The number of benzene rings is 1. The van der Waals surface area contributed by atoms with Crippen molar-refractivity contribution in [2.45, 2.75) is 13.0 Å². The number of rotatable bonds is 2. The Morgan fingerprint density at radius 1 is 1.38 bits per heavy atom. The van der Waals surface area contributed by atoms with E-state index in [1.807, 2.05) is 0 Å². The molecule has 1 heterocycles. The Hall–Kier alpha value is -1.65. The minimum atomic E-state index is -0.509. The van der Waals surface area contributed by atoms with Crippen molar-refractivity contribution in [2.75, 3.05) is 13.1 Å². The molecule has 1 fully saturated rings. The third-order valence-corrected chi connectivity index (χ3v) is 2.58. The molecule has 0 radical (unpaired) electrons. The van der Waals surface area contributed by atoms with Gasteiger partial charge in [0.05, 0.1) is 0 Å². The molecule has 16 heavy (non-hydrogen) atoms. The number of urea groups is 1. The summed E-state index contributed by atoms with van der Waals surface area (Å²) in [4.78, 5) is 13.0. The minimum absolute atomic E-state index is 0.0128. The van der Waals surface area contributed by atoms with Crippen LogP contribution in [-0.4, -0.2) is 24.0 Å². The maximum atomic E-state index is 13.2. The van der Waals surface area contributed by atoms with Gasteiger partial charge in [-0.25, -0.2) is 13.6 Å². The van der Waals surface area contributed by atoms with Gasteiger partial charge in [0, 0.05) is 25.2 Å². The van der Waals surface area contributed by atoms with Crippen LogP contribution in [-0.2, 0) is 6.54 Å². The molecule has 0 spiro atoms. The Bertz CT molecular complexity index is 405. The van der Waals surface area contributed by atoms with E-state index in [0.717, 1.165) is 37.7 Å². The van der Waals surface area contributed by atoms with Gasteiger partial charge in [-0.2, -0.15) is 0 Å². The summed E-state index contributed by atoms with van der Waals surface area (Å²) >= 11 is 0. The minimum Gasteiger partial charge on any atom is -0.334 e. The lowest BCUT2D eigenvalue weighted by Crippen LogP contribution is -2.47. The molecule has 5 heteroatoms. The fourth-order valence-electron chi connectivity index (χ4n) is 1.48. The summed E-state index contributed by atoms with van der Waals surface area (Å²) in [7, 11) is 0.